The average Bonchev–Trinajstić information content (AvgIpc) is 2.39. The third kappa shape index (κ3) is 3.06. The van der Waals surface area contributed by atoms with Crippen molar-refractivity contribution < 1.29 is 4.79 Å². The van der Waals surface area contributed by atoms with Crippen molar-refractivity contribution in [3.05, 3.63) is 29.0 Å². The molecule has 0 aromatic carbocycles. The third-order valence-corrected chi connectivity index (χ3v) is 3.97. The van der Waals surface area contributed by atoms with Gasteiger partial charge in [0, 0.05) is 17.7 Å². The molecule has 1 aromatic rings. The minimum absolute atomic E-state index is 0.191. The van der Waals surface area contributed by atoms with Gasteiger partial charge >= 0.3 is 0 Å². The quantitative estimate of drug-likeness (QED) is 0.597. The van der Waals surface area contributed by atoms with Crippen molar-refractivity contribution in [2.75, 3.05) is 0 Å². The van der Waals surface area contributed by atoms with E-state index >= 15 is 0 Å². The van der Waals surface area contributed by atoms with Crippen LogP contribution < -0.4 is 0 Å². The third-order valence-electron chi connectivity index (χ3n) is 3.74. The Morgan fingerprint density at radius 3 is 2.94 bits per heavy atom. The van der Waals surface area contributed by atoms with Crippen molar-refractivity contribution in [1.82, 2.24) is 4.98 Å². The molecule has 0 radical (unpaired) electrons. The van der Waals surface area contributed by atoms with Gasteiger partial charge in [-0.05, 0) is 30.9 Å². The highest BCUT2D eigenvalue weighted by Crippen LogP contribution is 2.32. The number of rotatable bonds is 3. The lowest BCUT2D eigenvalue weighted by molar-refractivity contribution is 0.0861. The zero-order chi connectivity index (χ0) is 12.3. The van der Waals surface area contributed by atoms with Crippen molar-refractivity contribution in [3.63, 3.8) is 0 Å². The second-order valence-corrected chi connectivity index (χ2v) is 5.26. The van der Waals surface area contributed by atoms with E-state index in [0.29, 0.717) is 10.7 Å². The number of ketones is 1. The van der Waals surface area contributed by atoms with E-state index in [2.05, 4.69) is 11.9 Å². The molecule has 2 unspecified atom stereocenters. The zero-order valence-corrected chi connectivity index (χ0v) is 10.9. The summed E-state index contributed by atoms with van der Waals surface area (Å²) in [5.74, 6) is 1.15. The van der Waals surface area contributed by atoms with Crippen LogP contribution in [0.4, 0.5) is 0 Å². The van der Waals surface area contributed by atoms with E-state index in [0.717, 1.165) is 18.8 Å². The van der Waals surface area contributed by atoms with Crippen LogP contribution >= 0.6 is 11.6 Å². The summed E-state index contributed by atoms with van der Waals surface area (Å²) in [5, 5.41) is 0.441. The standard InChI is InChI=1S/C14H18ClNO/c1-2-10-4-3-5-11(8-10)14(17)12-6-7-13(15)16-9-12/h6-7,9-11H,2-5,8H2,1H3. The Kier molecular flexibility index (Phi) is 4.16. The highest BCUT2D eigenvalue weighted by molar-refractivity contribution is 6.29. The van der Waals surface area contributed by atoms with Gasteiger partial charge in [-0.15, -0.1) is 0 Å². The molecule has 3 heteroatoms. The van der Waals surface area contributed by atoms with Crippen LogP contribution in [0.5, 0.6) is 0 Å². The highest BCUT2D eigenvalue weighted by atomic mass is 35.5. The molecule has 0 aliphatic heterocycles. The Bertz CT molecular complexity index is 388. The molecule has 1 fully saturated rings. The van der Waals surface area contributed by atoms with Crippen LogP contribution in [-0.2, 0) is 0 Å². The Labute approximate surface area is 107 Å². The molecule has 0 spiro atoms. The first kappa shape index (κ1) is 12.6. The fourth-order valence-corrected chi connectivity index (χ4v) is 2.77. The number of halogens is 1. The largest absolute Gasteiger partial charge is 0.294 e. The summed E-state index contributed by atoms with van der Waals surface area (Å²) < 4.78 is 0. The minimum atomic E-state index is 0.191. The van der Waals surface area contributed by atoms with Crippen LogP contribution in [0.3, 0.4) is 0 Å². The Hall–Kier alpha value is -0.890. The summed E-state index contributed by atoms with van der Waals surface area (Å²) in [7, 11) is 0. The van der Waals surface area contributed by atoms with Crippen molar-refractivity contribution in [3.8, 4) is 0 Å². The first-order valence-electron chi connectivity index (χ1n) is 6.36. The number of hydrogen-bond acceptors (Lipinski definition) is 2. The molecule has 2 nitrogen and oxygen atoms in total. The number of Topliss-reactive ketones (excluding diaryl/α,β-unsaturated/α-hetero) is 1. The lowest BCUT2D eigenvalue weighted by Gasteiger charge is -2.27. The maximum absolute atomic E-state index is 12.3. The van der Waals surface area contributed by atoms with Crippen molar-refractivity contribution >= 4 is 17.4 Å². The molecule has 1 aliphatic rings. The highest BCUT2D eigenvalue weighted by Gasteiger charge is 2.27. The summed E-state index contributed by atoms with van der Waals surface area (Å²) in [6, 6.07) is 3.47. The fraction of sp³-hybridized carbons (Fsp3) is 0.571. The van der Waals surface area contributed by atoms with Gasteiger partial charge < -0.3 is 0 Å². The van der Waals surface area contributed by atoms with Crippen molar-refractivity contribution in [2.45, 2.75) is 39.0 Å². The molecule has 1 saturated carbocycles. The molecule has 92 valence electrons. The predicted octanol–water partition coefficient (Wildman–Crippen LogP) is 4.13. The van der Waals surface area contributed by atoms with Gasteiger partial charge in [0.15, 0.2) is 5.78 Å². The van der Waals surface area contributed by atoms with Gasteiger partial charge in [0.2, 0.25) is 0 Å². The normalized spacial score (nSPS) is 24.6. The monoisotopic (exact) mass is 251 g/mol. The van der Waals surface area contributed by atoms with Gasteiger partial charge in [0.05, 0.1) is 0 Å². The van der Waals surface area contributed by atoms with Gasteiger partial charge in [0.1, 0.15) is 5.15 Å². The lowest BCUT2D eigenvalue weighted by atomic mass is 9.77. The number of carbonyl (C=O) groups excluding carboxylic acids is 1. The number of aromatic nitrogens is 1. The topological polar surface area (TPSA) is 30.0 Å². The maximum atomic E-state index is 12.3. The molecule has 1 aliphatic carbocycles. The number of pyridine rings is 1. The van der Waals surface area contributed by atoms with Gasteiger partial charge in [-0.1, -0.05) is 37.8 Å². The van der Waals surface area contributed by atoms with Crippen LogP contribution in [0, 0.1) is 11.8 Å². The molecule has 0 amide bonds. The predicted molar refractivity (Wildman–Crippen MR) is 69.3 cm³/mol. The van der Waals surface area contributed by atoms with Crippen LogP contribution in [0.1, 0.15) is 49.4 Å². The molecule has 2 rings (SSSR count). The molecule has 1 heterocycles. The van der Waals surface area contributed by atoms with E-state index in [1.807, 2.05) is 0 Å². The summed E-state index contributed by atoms with van der Waals surface area (Å²) in [4.78, 5) is 16.3. The van der Waals surface area contributed by atoms with E-state index < -0.39 is 0 Å². The first-order chi connectivity index (χ1) is 8.20. The van der Waals surface area contributed by atoms with Crippen molar-refractivity contribution in [1.29, 1.82) is 0 Å². The molecule has 2 atom stereocenters. The van der Waals surface area contributed by atoms with Gasteiger partial charge in [0.25, 0.3) is 0 Å². The van der Waals surface area contributed by atoms with Gasteiger partial charge in [-0.2, -0.15) is 0 Å². The smallest absolute Gasteiger partial charge is 0.167 e. The van der Waals surface area contributed by atoms with Crippen molar-refractivity contribution in [2.24, 2.45) is 11.8 Å². The molecule has 17 heavy (non-hydrogen) atoms. The molecule has 0 N–H and O–H groups in total. The lowest BCUT2D eigenvalue weighted by Crippen LogP contribution is -2.22. The maximum Gasteiger partial charge on any atom is 0.167 e. The van der Waals surface area contributed by atoms with E-state index in [-0.39, 0.29) is 11.7 Å². The van der Waals surface area contributed by atoms with E-state index in [1.165, 1.54) is 19.3 Å². The van der Waals surface area contributed by atoms with E-state index in [4.69, 9.17) is 11.6 Å². The summed E-state index contributed by atoms with van der Waals surface area (Å²) >= 11 is 5.73. The minimum Gasteiger partial charge on any atom is -0.294 e. The Morgan fingerprint density at radius 2 is 2.29 bits per heavy atom. The molecule has 0 saturated heterocycles. The number of nitrogens with zero attached hydrogens (tertiary/aromatic N) is 1. The van der Waals surface area contributed by atoms with Crippen LogP contribution in [-0.4, -0.2) is 10.8 Å². The Balaban J connectivity index is 2.06. The molecule has 0 bridgehead atoms. The molecule has 1 aromatic heterocycles. The second-order valence-electron chi connectivity index (χ2n) is 4.87. The van der Waals surface area contributed by atoms with Crippen LogP contribution in [0.15, 0.2) is 18.3 Å². The fourth-order valence-electron chi connectivity index (χ4n) is 2.66. The molecular formula is C14H18ClNO. The molecular weight excluding hydrogens is 234 g/mol. The van der Waals surface area contributed by atoms with Gasteiger partial charge in [-0.25, -0.2) is 4.98 Å². The Morgan fingerprint density at radius 1 is 1.47 bits per heavy atom. The van der Waals surface area contributed by atoms with Crippen LogP contribution in [0.2, 0.25) is 5.15 Å². The second kappa shape index (κ2) is 5.63. The van der Waals surface area contributed by atoms with E-state index in [1.54, 1.807) is 18.3 Å². The van der Waals surface area contributed by atoms with E-state index in [9.17, 15) is 4.79 Å². The summed E-state index contributed by atoms with van der Waals surface area (Å²) in [6.07, 6.45) is 7.30. The summed E-state index contributed by atoms with van der Waals surface area (Å²) in [6.45, 7) is 2.21. The zero-order valence-electron chi connectivity index (χ0n) is 10.2. The SMILES string of the molecule is CCC1CCCC(C(=O)c2ccc(Cl)nc2)C1. The number of hydrogen-bond donors (Lipinski definition) is 0. The average molecular weight is 252 g/mol. The summed E-state index contributed by atoms with van der Waals surface area (Å²) in [5.41, 5.74) is 0.705. The van der Waals surface area contributed by atoms with Crippen LogP contribution in [0.25, 0.3) is 0 Å². The first-order valence-corrected chi connectivity index (χ1v) is 6.74. The van der Waals surface area contributed by atoms with Gasteiger partial charge in [-0.3, -0.25) is 4.79 Å². The number of carbonyl (C=O) groups is 1.